The van der Waals surface area contributed by atoms with E-state index in [1.54, 1.807) is 22.8 Å². The highest BCUT2D eigenvalue weighted by Crippen LogP contribution is 2.43. The number of nitrogens with zero attached hydrogens (tertiary/aromatic N) is 3. The number of phenols is 1. The number of aliphatic hydroxyl groups is 2. The molecule has 0 spiro atoms. The molecule has 2 aliphatic rings. The van der Waals surface area contributed by atoms with Crippen molar-refractivity contribution in [2.75, 3.05) is 44.1 Å². The van der Waals surface area contributed by atoms with E-state index in [2.05, 4.69) is 4.18 Å². The van der Waals surface area contributed by atoms with Gasteiger partial charge in [0.25, 0.3) is 10.1 Å². The summed E-state index contributed by atoms with van der Waals surface area (Å²) in [6.07, 6.45) is -1.51. The zero-order valence-corrected chi connectivity index (χ0v) is 26.1. The third-order valence-corrected chi connectivity index (χ3v) is 9.69. The first-order chi connectivity index (χ1) is 21.1. The highest BCUT2D eigenvalue weighted by molar-refractivity contribution is 7.87. The van der Waals surface area contributed by atoms with E-state index < -0.39 is 61.5 Å². The number of piperazine rings is 1. The van der Waals surface area contributed by atoms with Gasteiger partial charge in [0.1, 0.15) is 17.4 Å². The molecule has 0 saturated carbocycles. The number of halogens is 1. The maximum absolute atomic E-state index is 14.5. The molecule has 5 rings (SSSR count). The second-order valence-corrected chi connectivity index (χ2v) is 14.1. The van der Waals surface area contributed by atoms with Crippen molar-refractivity contribution in [2.24, 2.45) is 0 Å². The molecule has 5 N–H and O–H groups in total. The molecule has 1 aliphatic carbocycles. The molecule has 1 aromatic heterocycles. The molecule has 45 heavy (non-hydrogen) atoms. The summed E-state index contributed by atoms with van der Waals surface area (Å²) in [7, 11) is -8.49. The number of para-hydroxylation sites is 1. The van der Waals surface area contributed by atoms with Crippen molar-refractivity contribution in [1.29, 1.82) is 0 Å². The molecule has 2 aromatic carbocycles. The molecule has 14 nitrogen and oxygen atoms in total. The van der Waals surface area contributed by atoms with Crippen molar-refractivity contribution >= 4 is 25.9 Å². The Kier molecular flexibility index (Phi) is 8.96. The Labute approximate surface area is 259 Å². The van der Waals surface area contributed by atoms with Crippen LogP contribution in [0.5, 0.6) is 23.3 Å². The molecular formula is C28H34FN3O11S2. The van der Waals surface area contributed by atoms with Crippen molar-refractivity contribution in [3.8, 4) is 28.9 Å². The maximum Gasteiger partial charge on any atom is 0.306 e. The number of fused-ring (bicyclic) bond motifs is 1. The summed E-state index contributed by atoms with van der Waals surface area (Å²) < 4.78 is 75.3. The minimum Gasteiger partial charge on any atom is -0.506 e. The molecule has 2 unspecified atom stereocenters. The van der Waals surface area contributed by atoms with Gasteiger partial charge in [-0.3, -0.25) is 9.08 Å². The van der Waals surface area contributed by atoms with Gasteiger partial charge in [0.2, 0.25) is 11.8 Å². The molecule has 1 aliphatic heterocycles. The summed E-state index contributed by atoms with van der Waals surface area (Å²) in [6.45, 7) is 2.43. The molecule has 0 radical (unpaired) electrons. The van der Waals surface area contributed by atoms with Crippen LogP contribution in [0.3, 0.4) is 0 Å². The maximum atomic E-state index is 14.5. The number of aliphatic hydroxyl groups excluding tert-OH is 2. The Balaban J connectivity index is 1.33. The molecule has 2 atom stereocenters. The Morgan fingerprint density at radius 3 is 2.09 bits per heavy atom. The quantitative estimate of drug-likeness (QED) is 0.202. The van der Waals surface area contributed by atoms with Crippen molar-refractivity contribution in [1.82, 2.24) is 9.47 Å². The smallest absolute Gasteiger partial charge is 0.306 e. The fraction of sp³-hybridized carbons (Fsp3) is 0.429. The number of aryl methyl sites for hydroxylation is 1. The minimum absolute atomic E-state index is 0.0148. The molecule has 1 saturated heterocycles. The number of anilines is 1. The van der Waals surface area contributed by atoms with Crippen LogP contribution in [0.2, 0.25) is 0 Å². The normalized spacial score (nSPS) is 19.4. The Morgan fingerprint density at radius 1 is 0.933 bits per heavy atom. The Bertz CT molecular complexity index is 1790. The van der Waals surface area contributed by atoms with Crippen LogP contribution < -0.4 is 9.08 Å². The molecule has 1 fully saturated rings. The Hall–Kier alpha value is -3.61. The van der Waals surface area contributed by atoms with Crippen LogP contribution in [-0.4, -0.2) is 103 Å². The van der Waals surface area contributed by atoms with Crippen molar-refractivity contribution < 1.29 is 55.1 Å². The average molecular weight is 672 g/mol. The van der Waals surface area contributed by atoms with Gasteiger partial charge in [0.15, 0.2) is 11.6 Å². The first-order valence-corrected chi connectivity index (χ1v) is 17.2. The average Bonchev–Trinajstić information content (AvgIpc) is 3.21. The molecule has 0 amide bonds. The summed E-state index contributed by atoms with van der Waals surface area (Å²) in [4.78, 5) is 3.01. The van der Waals surface area contributed by atoms with Crippen molar-refractivity contribution in [3.05, 3.63) is 52.8 Å². The van der Waals surface area contributed by atoms with Gasteiger partial charge in [-0.15, -0.1) is 0 Å². The van der Waals surface area contributed by atoms with Crippen LogP contribution >= 0.6 is 0 Å². The van der Waals surface area contributed by atoms with E-state index >= 15 is 0 Å². The SMILES string of the molecule is CCc1cccc(S(=O)(=O)OCN2CCN(c3cc(F)c(OS(C)(=O)=O)cc3O)CC2)c1-n1c(O)c2c(c1O)CC(O)C(O)C2. The van der Waals surface area contributed by atoms with E-state index in [-0.39, 0.29) is 73.1 Å². The van der Waals surface area contributed by atoms with E-state index in [0.717, 1.165) is 23.0 Å². The summed E-state index contributed by atoms with van der Waals surface area (Å²) in [5.74, 6) is -2.91. The second kappa shape index (κ2) is 12.3. The van der Waals surface area contributed by atoms with Crippen LogP contribution in [0.25, 0.3) is 5.69 Å². The second-order valence-electron chi connectivity index (χ2n) is 11.0. The van der Waals surface area contributed by atoms with Gasteiger partial charge in [-0.1, -0.05) is 19.1 Å². The van der Waals surface area contributed by atoms with Crippen molar-refractivity contribution in [2.45, 2.75) is 43.3 Å². The number of phenolic OH excluding ortho intramolecular Hbond substituents is 1. The van der Waals surface area contributed by atoms with E-state index in [1.807, 2.05) is 0 Å². The lowest BCUT2D eigenvalue weighted by Gasteiger charge is -2.35. The summed E-state index contributed by atoms with van der Waals surface area (Å²) >= 11 is 0. The lowest BCUT2D eigenvalue weighted by atomic mass is 9.90. The third kappa shape index (κ3) is 6.54. The van der Waals surface area contributed by atoms with Gasteiger partial charge in [-0.05, 0) is 18.1 Å². The Morgan fingerprint density at radius 2 is 1.53 bits per heavy atom. The summed E-state index contributed by atoms with van der Waals surface area (Å²) in [5.41, 5.74) is 0.992. The van der Waals surface area contributed by atoms with Gasteiger partial charge in [0, 0.05) is 62.3 Å². The molecule has 246 valence electrons. The number of aromatic hydroxyl groups is 3. The standard InChI is InChI=1S/C28H34FN3O11S2/c1-3-16-5-4-6-25(26(16)32-27(36)17-11-22(34)23(35)12-18(17)28(32)37)45(40,41)42-15-30-7-9-31(10-8-30)20-13-19(29)24(14-21(20)33)43-44(2,38)39/h4-6,13-14,22-23,33-37H,3,7-12,15H2,1-2H3. The molecule has 0 bridgehead atoms. The first kappa shape index (κ1) is 32.8. The van der Waals surface area contributed by atoms with Crippen LogP contribution in [0.1, 0.15) is 23.6 Å². The van der Waals surface area contributed by atoms with Crippen LogP contribution in [0.15, 0.2) is 35.2 Å². The van der Waals surface area contributed by atoms with Gasteiger partial charge in [-0.2, -0.15) is 16.8 Å². The fourth-order valence-electron chi connectivity index (χ4n) is 5.62. The van der Waals surface area contributed by atoms with E-state index in [4.69, 9.17) is 4.18 Å². The highest BCUT2D eigenvalue weighted by Gasteiger charge is 2.36. The monoisotopic (exact) mass is 671 g/mol. The molecule has 3 aromatic rings. The summed E-state index contributed by atoms with van der Waals surface area (Å²) in [6, 6.07) is 6.28. The van der Waals surface area contributed by atoms with Gasteiger partial charge in [0.05, 0.1) is 29.8 Å². The van der Waals surface area contributed by atoms with Gasteiger partial charge in [-0.25, -0.2) is 8.96 Å². The minimum atomic E-state index is -4.48. The number of hydrogen-bond donors (Lipinski definition) is 5. The zero-order chi connectivity index (χ0) is 32.8. The highest BCUT2D eigenvalue weighted by atomic mass is 32.2. The summed E-state index contributed by atoms with van der Waals surface area (Å²) in [5, 5.41) is 52.8. The number of benzene rings is 2. The lowest BCUT2D eigenvalue weighted by molar-refractivity contribution is 0.0136. The number of hydrogen-bond acceptors (Lipinski definition) is 13. The zero-order valence-electron chi connectivity index (χ0n) is 24.4. The van der Waals surface area contributed by atoms with Crippen molar-refractivity contribution in [3.63, 3.8) is 0 Å². The van der Waals surface area contributed by atoms with Crippen LogP contribution in [-0.2, 0) is 43.7 Å². The molecular weight excluding hydrogens is 637 g/mol. The number of rotatable bonds is 9. The van der Waals surface area contributed by atoms with E-state index in [9.17, 15) is 46.8 Å². The fourth-order valence-corrected chi connectivity index (χ4v) is 7.19. The molecule has 2 heterocycles. The molecule has 17 heteroatoms. The topological polar surface area (TPSA) is 199 Å². The lowest BCUT2D eigenvalue weighted by Crippen LogP contribution is -2.47. The van der Waals surface area contributed by atoms with E-state index in [1.165, 1.54) is 12.1 Å². The largest absolute Gasteiger partial charge is 0.506 e. The van der Waals surface area contributed by atoms with Gasteiger partial charge < -0.3 is 34.6 Å². The van der Waals surface area contributed by atoms with E-state index in [0.29, 0.717) is 12.0 Å². The predicted molar refractivity (Wildman–Crippen MR) is 158 cm³/mol. The number of aromatic nitrogens is 1. The third-order valence-electron chi connectivity index (χ3n) is 7.93. The first-order valence-electron chi connectivity index (χ1n) is 14.0. The van der Waals surface area contributed by atoms with Gasteiger partial charge >= 0.3 is 10.1 Å². The van der Waals surface area contributed by atoms with Crippen LogP contribution in [0.4, 0.5) is 10.1 Å². The predicted octanol–water partition coefficient (Wildman–Crippen LogP) is 0.939. The van der Waals surface area contributed by atoms with Crippen LogP contribution in [0, 0.1) is 5.82 Å².